The fourth-order valence-corrected chi connectivity index (χ4v) is 2.26. The van der Waals surface area contributed by atoms with E-state index in [0.29, 0.717) is 6.54 Å². The predicted molar refractivity (Wildman–Crippen MR) is 77.9 cm³/mol. The summed E-state index contributed by atoms with van der Waals surface area (Å²) in [4.78, 5) is 11.6. The van der Waals surface area contributed by atoms with Crippen molar-refractivity contribution < 1.29 is 14.3 Å². The van der Waals surface area contributed by atoms with Crippen LogP contribution in [0.25, 0.3) is 0 Å². The number of rotatable bonds is 2. The molecule has 1 amide bonds. The van der Waals surface area contributed by atoms with Crippen molar-refractivity contribution in [3.63, 3.8) is 0 Å². The van der Waals surface area contributed by atoms with Gasteiger partial charge in [-0.2, -0.15) is 0 Å². The van der Waals surface area contributed by atoms with Crippen LogP contribution in [-0.2, 0) is 17.7 Å². The lowest BCUT2D eigenvalue weighted by molar-refractivity contribution is 0.0523. The molecule has 20 heavy (non-hydrogen) atoms. The Morgan fingerprint density at radius 3 is 2.75 bits per heavy atom. The maximum Gasteiger partial charge on any atom is 0.407 e. The molecule has 1 aliphatic heterocycles. The summed E-state index contributed by atoms with van der Waals surface area (Å²) in [5, 5.41) is 2.77. The molecule has 4 nitrogen and oxygen atoms in total. The number of carbonyl (C=O) groups excluding carboxylic acids is 1. The van der Waals surface area contributed by atoms with Gasteiger partial charge in [-0.3, -0.25) is 0 Å². The van der Waals surface area contributed by atoms with E-state index in [1.54, 1.807) is 0 Å². The fourth-order valence-electron chi connectivity index (χ4n) is 2.26. The molecular weight excluding hydrogens is 254 g/mol. The zero-order valence-electron chi connectivity index (χ0n) is 12.9. The zero-order valence-corrected chi connectivity index (χ0v) is 12.9. The summed E-state index contributed by atoms with van der Waals surface area (Å²) in [6, 6.07) is 6.02. The minimum atomic E-state index is -0.472. The molecule has 1 aromatic rings. The van der Waals surface area contributed by atoms with Crippen LogP contribution in [0, 0.1) is 0 Å². The molecule has 0 aliphatic carbocycles. The van der Waals surface area contributed by atoms with Crippen molar-refractivity contribution in [2.45, 2.75) is 58.8 Å². The third-order valence-corrected chi connectivity index (χ3v) is 2.96. The van der Waals surface area contributed by atoms with Gasteiger partial charge < -0.3 is 14.8 Å². The molecule has 1 aromatic carbocycles. The van der Waals surface area contributed by atoms with Gasteiger partial charge in [0, 0.05) is 13.0 Å². The van der Waals surface area contributed by atoms with E-state index in [1.807, 2.05) is 32.9 Å². The molecule has 0 saturated heterocycles. The van der Waals surface area contributed by atoms with Crippen molar-refractivity contribution in [1.82, 2.24) is 5.32 Å². The minimum absolute atomic E-state index is 0.139. The average Bonchev–Trinajstić information content (AvgIpc) is 2.57. The van der Waals surface area contributed by atoms with Gasteiger partial charge in [0.25, 0.3) is 0 Å². The topological polar surface area (TPSA) is 47.6 Å². The molecule has 0 atom stereocenters. The maximum absolute atomic E-state index is 11.6. The largest absolute Gasteiger partial charge is 0.487 e. The van der Waals surface area contributed by atoms with E-state index in [0.717, 1.165) is 17.7 Å². The number of ether oxygens (including phenoxy) is 2. The molecule has 1 N–H and O–H groups in total. The third-order valence-electron chi connectivity index (χ3n) is 2.96. The molecule has 2 rings (SSSR count). The monoisotopic (exact) mass is 277 g/mol. The van der Waals surface area contributed by atoms with Crippen molar-refractivity contribution in [3.8, 4) is 5.75 Å². The number of nitrogens with one attached hydrogen (secondary N) is 1. The van der Waals surface area contributed by atoms with Gasteiger partial charge >= 0.3 is 6.09 Å². The fraction of sp³-hybridized carbons (Fsp3) is 0.562. The highest BCUT2D eigenvalue weighted by Gasteiger charge is 2.29. The quantitative estimate of drug-likeness (QED) is 0.901. The first-order valence-corrected chi connectivity index (χ1v) is 6.92. The van der Waals surface area contributed by atoms with Crippen molar-refractivity contribution in [2.24, 2.45) is 0 Å². The lowest BCUT2D eigenvalue weighted by Crippen LogP contribution is -2.32. The van der Waals surface area contributed by atoms with Crippen LogP contribution in [0.5, 0.6) is 5.75 Å². The SMILES string of the molecule is CC(C)(C)OC(=O)NCc1ccc2c(c1)CC(C)(C)O2. The first-order chi connectivity index (χ1) is 9.15. The van der Waals surface area contributed by atoms with E-state index < -0.39 is 11.7 Å². The van der Waals surface area contributed by atoms with Crippen molar-refractivity contribution >= 4 is 6.09 Å². The number of alkyl carbamates (subject to hydrolysis) is 1. The summed E-state index contributed by atoms with van der Waals surface area (Å²) < 4.78 is 11.0. The Morgan fingerprint density at radius 2 is 2.10 bits per heavy atom. The number of hydrogen-bond donors (Lipinski definition) is 1. The summed E-state index contributed by atoms with van der Waals surface area (Å²) >= 11 is 0. The standard InChI is InChI=1S/C16H23NO3/c1-15(2,3)20-14(18)17-10-11-6-7-13-12(8-11)9-16(4,5)19-13/h6-8H,9-10H2,1-5H3,(H,17,18). The summed E-state index contributed by atoms with van der Waals surface area (Å²) in [5.41, 5.74) is 1.63. The molecule has 0 spiro atoms. The number of hydrogen-bond acceptors (Lipinski definition) is 3. The summed E-state index contributed by atoms with van der Waals surface area (Å²) in [6.45, 7) is 10.2. The van der Waals surface area contributed by atoms with Gasteiger partial charge in [-0.25, -0.2) is 4.79 Å². The number of benzene rings is 1. The van der Waals surface area contributed by atoms with Gasteiger partial charge in [0.15, 0.2) is 0 Å². The second kappa shape index (κ2) is 5.00. The van der Waals surface area contributed by atoms with E-state index >= 15 is 0 Å². The lowest BCUT2D eigenvalue weighted by atomic mass is 10.0. The van der Waals surface area contributed by atoms with Gasteiger partial charge in [0.2, 0.25) is 0 Å². The van der Waals surface area contributed by atoms with Crippen molar-refractivity contribution in [1.29, 1.82) is 0 Å². The predicted octanol–water partition coefficient (Wildman–Crippen LogP) is 3.42. The third kappa shape index (κ3) is 3.89. The lowest BCUT2D eigenvalue weighted by Gasteiger charge is -2.19. The van der Waals surface area contributed by atoms with E-state index in [2.05, 4.69) is 25.2 Å². The summed E-state index contributed by atoms with van der Waals surface area (Å²) in [6.07, 6.45) is 0.498. The summed E-state index contributed by atoms with van der Waals surface area (Å²) in [5.74, 6) is 0.941. The molecule has 0 unspecified atom stereocenters. The molecule has 1 heterocycles. The maximum atomic E-state index is 11.6. The molecule has 110 valence electrons. The van der Waals surface area contributed by atoms with Gasteiger partial charge in [0.1, 0.15) is 17.0 Å². The van der Waals surface area contributed by atoms with Crippen LogP contribution < -0.4 is 10.1 Å². The smallest absolute Gasteiger partial charge is 0.407 e. The minimum Gasteiger partial charge on any atom is -0.487 e. The van der Waals surface area contributed by atoms with E-state index in [4.69, 9.17) is 9.47 Å². The Hall–Kier alpha value is -1.71. The Bertz CT molecular complexity index is 515. The van der Waals surface area contributed by atoms with E-state index in [-0.39, 0.29) is 5.60 Å². The van der Waals surface area contributed by atoms with Crippen LogP contribution in [0.15, 0.2) is 18.2 Å². The average molecular weight is 277 g/mol. The van der Waals surface area contributed by atoms with Crippen LogP contribution in [0.1, 0.15) is 45.7 Å². The molecule has 0 aromatic heterocycles. The van der Waals surface area contributed by atoms with Crippen LogP contribution >= 0.6 is 0 Å². The van der Waals surface area contributed by atoms with Crippen LogP contribution in [-0.4, -0.2) is 17.3 Å². The first kappa shape index (κ1) is 14.7. The molecule has 1 aliphatic rings. The number of fused-ring (bicyclic) bond motifs is 1. The normalized spacial score (nSPS) is 16.2. The van der Waals surface area contributed by atoms with Crippen molar-refractivity contribution in [2.75, 3.05) is 0 Å². The molecular formula is C16H23NO3. The Kier molecular flexibility index (Phi) is 3.67. The van der Waals surface area contributed by atoms with Gasteiger partial charge in [0.05, 0.1) is 0 Å². The van der Waals surface area contributed by atoms with E-state index in [9.17, 15) is 4.79 Å². The highest BCUT2D eigenvalue weighted by atomic mass is 16.6. The highest BCUT2D eigenvalue weighted by molar-refractivity contribution is 5.67. The number of carbonyl (C=O) groups is 1. The molecule has 0 fully saturated rings. The molecule has 0 radical (unpaired) electrons. The molecule has 0 saturated carbocycles. The Labute approximate surface area is 120 Å². The molecule has 4 heteroatoms. The van der Waals surface area contributed by atoms with Crippen molar-refractivity contribution in [3.05, 3.63) is 29.3 Å². The second-order valence-corrected chi connectivity index (χ2v) is 6.84. The zero-order chi connectivity index (χ0) is 15.0. The van der Waals surface area contributed by atoms with Crippen LogP contribution in [0.3, 0.4) is 0 Å². The van der Waals surface area contributed by atoms with Crippen LogP contribution in [0.2, 0.25) is 0 Å². The Morgan fingerprint density at radius 1 is 1.40 bits per heavy atom. The number of amides is 1. The highest BCUT2D eigenvalue weighted by Crippen LogP contribution is 2.35. The first-order valence-electron chi connectivity index (χ1n) is 6.92. The van der Waals surface area contributed by atoms with Gasteiger partial charge in [-0.1, -0.05) is 12.1 Å². The van der Waals surface area contributed by atoms with Gasteiger partial charge in [-0.15, -0.1) is 0 Å². The van der Waals surface area contributed by atoms with E-state index in [1.165, 1.54) is 5.56 Å². The second-order valence-electron chi connectivity index (χ2n) is 6.84. The molecule has 0 bridgehead atoms. The Balaban J connectivity index is 1.94. The van der Waals surface area contributed by atoms with Crippen LogP contribution in [0.4, 0.5) is 4.79 Å². The van der Waals surface area contributed by atoms with Gasteiger partial charge in [-0.05, 0) is 51.8 Å². The summed E-state index contributed by atoms with van der Waals surface area (Å²) in [7, 11) is 0.